The smallest absolute Gasteiger partial charge is 0.180 e. The summed E-state index contributed by atoms with van der Waals surface area (Å²) in [4.78, 5) is 0. The number of alkyl halides is 1. The predicted molar refractivity (Wildman–Crippen MR) is 28.9 cm³/mol. The van der Waals surface area contributed by atoms with Gasteiger partial charge in [0.15, 0.2) is 6.00 Å². The Hall–Kier alpha value is -0.190. The first-order valence-electron chi connectivity index (χ1n) is 2.30. The first-order chi connectivity index (χ1) is 3.77. The van der Waals surface area contributed by atoms with E-state index in [9.17, 15) is 5.21 Å². The molecule has 1 aliphatic heterocycles. The van der Waals surface area contributed by atoms with Crippen molar-refractivity contribution >= 4 is 11.6 Å². The molecule has 1 aliphatic rings. The Kier molecular flexibility index (Phi) is 1.46. The molecule has 5 heteroatoms. The van der Waals surface area contributed by atoms with Gasteiger partial charge in [0.1, 0.15) is 13.1 Å². The summed E-state index contributed by atoms with van der Waals surface area (Å²) in [6, 6.07) is -0.0243. The SMILES string of the molecule is [O-][N+]1(CCl)CCN=N1. The summed E-state index contributed by atoms with van der Waals surface area (Å²) < 4.78 is -0.707. The number of hydrogen-bond donors (Lipinski definition) is 0. The molecule has 0 radical (unpaired) electrons. The highest BCUT2D eigenvalue weighted by Gasteiger charge is 2.19. The lowest BCUT2D eigenvalue weighted by molar-refractivity contribution is -0.870. The van der Waals surface area contributed by atoms with Gasteiger partial charge in [-0.2, -0.15) is 4.76 Å². The Morgan fingerprint density at radius 1 is 1.75 bits per heavy atom. The Balaban J connectivity index is 2.54. The van der Waals surface area contributed by atoms with E-state index in [0.29, 0.717) is 13.1 Å². The Morgan fingerprint density at radius 3 is 2.75 bits per heavy atom. The van der Waals surface area contributed by atoms with Gasteiger partial charge in [-0.05, 0) is 0 Å². The molecule has 0 amide bonds. The summed E-state index contributed by atoms with van der Waals surface area (Å²) in [6.07, 6.45) is 0. The Bertz CT molecular complexity index is 117. The van der Waals surface area contributed by atoms with E-state index in [1.807, 2.05) is 0 Å². The van der Waals surface area contributed by atoms with Gasteiger partial charge in [0.2, 0.25) is 0 Å². The minimum atomic E-state index is -0.707. The molecule has 0 spiro atoms. The highest BCUT2D eigenvalue weighted by molar-refractivity contribution is 6.16. The number of quaternary nitrogens is 1. The topological polar surface area (TPSA) is 47.8 Å². The maximum Gasteiger partial charge on any atom is 0.180 e. The normalized spacial score (nSPS) is 36.2. The van der Waals surface area contributed by atoms with Crippen LogP contribution in [0, 0.1) is 5.21 Å². The Morgan fingerprint density at radius 2 is 2.50 bits per heavy atom. The first-order valence-corrected chi connectivity index (χ1v) is 2.83. The molecule has 0 aromatic heterocycles. The van der Waals surface area contributed by atoms with Crippen molar-refractivity contribution in [3.8, 4) is 0 Å². The maximum atomic E-state index is 10.8. The average molecular weight is 136 g/mol. The monoisotopic (exact) mass is 135 g/mol. The number of halogens is 1. The fourth-order valence-corrected chi connectivity index (χ4v) is 0.657. The van der Waals surface area contributed by atoms with Gasteiger partial charge < -0.3 is 5.21 Å². The van der Waals surface area contributed by atoms with Crippen LogP contribution in [0.15, 0.2) is 10.3 Å². The van der Waals surface area contributed by atoms with E-state index in [-0.39, 0.29) is 6.00 Å². The lowest BCUT2D eigenvalue weighted by atomic mass is 10.6. The molecule has 0 saturated heterocycles. The lowest BCUT2D eigenvalue weighted by Crippen LogP contribution is -2.32. The van der Waals surface area contributed by atoms with E-state index in [2.05, 4.69) is 10.3 Å². The zero-order valence-electron chi connectivity index (χ0n) is 4.25. The van der Waals surface area contributed by atoms with Crippen molar-refractivity contribution in [2.45, 2.75) is 0 Å². The Labute approximate surface area is 51.9 Å². The van der Waals surface area contributed by atoms with E-state index in [1.165, 1.54) is 0 Å². The molecule has 8 heavy (non-hydrogen) atoms. The van der Waals surface area contributed by atoms with Crippen molar-refractivity contribution in [3.63, 3.8) is 0 Å². The number of hydroxylamine groups is 2. The molecule has 4 nitrogen and oxygen atoms in total. The molecule has 0 saturated carbocycles. The van der Waals surface area contributed by atoms with Crippen LogP contribution < -0.4 is 0 Å². The summed E-state index contributed by atoms with van der Waals surface area (Å²) in [6.45, 7) is 0.903. The van der Waals surface area contributed by atoms with Gasteiger partial charge >= 0.3 is 0 Å². The third-order valence-corrected chi connectivity index (χ3v) is 1.34. The minimum absolute atomic E-state index is 0.0243. The predicted octanol–water partition coefficient (Wildman–Crippen LogP) is 0.878. The van der Waals surface area contributed by atoms with E-state index in [1.54, 1.807) is 0 Å². The second-order valence-corrected chi connectivity index (χ2v) is 1.88. The van der Waals surface area contributed by atoms with E-state index in [0.717, 1.165) is 0 Å². The van der Waals surface area contributed by atoms with Gasteiger partial charge in [-0.25, -0.2) is 0 Å². The minimum Gasteiger partial charge on any atom is -0.602 e. The van der Waals surface area contributed by atoms with Crippen LogP contribution in [0.25, 0.3) is 0 Å². The third kappa shape index (κ3) is 0.964. The molecule has 0 fully saturated rings. The molecule has 0 aromatic rings. The van der Waals surface area contributed by atoms with Gasteiger partial charge in [-0.3, -0.25) is 0 Å². The van der Waals surface area contributed by atoms with Crippen LogP contribution >= 0.6 is 11.6 Å². The van der Waals surface area contributed by atoms with Gasteiger partial charge in [-0.15, -0.1) is 5.11 Å². The van der Waals surface area contributed by atoms with E-state index in [4.69, 9.17) is 11.6 Å². The molecule has 1 atom stereocenters. The number of hydrogen-bond acceptors (Lipinski definition) is 3. The van der Waals surface area contributed by atoms with Crippen LogP contribution in [0.5, 0.6) is 0 Å². The van der Waals surface area contributed by atoms with Gasteiger partial charge in [0.05, 0.1) is 0 Å². The summed E-state index contributed by atoms with van der Waals surface area (Å²) in [7, 11) is 0. The molecule has 0 N–H and O–H groups in total. The summed E-state index contributed by atoms with van der Waals surface area (Å²) >= 11 is 5.25. The highest BCUT2D eigenvalue weighted by atomic mass is 35.5. The van der Waals surface area contributed by atoms with Gasteiger partial charge in [-0.1, -0.05) is 11.6 Å². The summed E-state index contributed by atoms with van der Waals surface area (Å²) in [5.74, 6) is 0. The second kappa shape index (κ2) is 1.97. The van der Waals surface area contributed by atoms with E-state index < -0.39 is 4.76 Å². The molecule has 1 heterocycles. The van der Waals surface area contributed by atoms with Crippen molar-refractivity contribution in [2.24, 2.45) is 10.3 Å². The number of nitrogens with zero attached hydrogens (tertiary/aromatic N) is 3. The maximum absolute atomic E-state index is 10.8. The fraction of sp³-hybridized carbons (Fsp3) is 1.00. The zero-order chi connectivity index (χ0) is 6.04. The highest BCUT2D eigenvalue weighted by Crippen LogP contribution is 2.12. The molecule has 1 rings (SSSR count). The molecule has 0 aromatic carbocycles. The van der Waals surface area contributed by atoms with Crippen molar-refractivity contribution in [3.05, 3.63) is 5.21 Å². The molecular formula is C3H6ClN3O. The standard InChI is InChI=1S/C3H6ClN3O/c4-3-7(8)2-1-5-6-7/h1-3H2. The molecule has 0 aliphatic carbocycles. The van der Waals surface area contributed by atoms with Crippen LogP contribution in [0.1, 0.15) is 0 Å². The molecule has 46 valence electrons. The van der Waals surface area contributed by atoms with Crippen molar-refractivity contribution in [1.82, 2.24) is 0 Å². The van der Waals surface area contributed by atoms with Crippen LogP contribution in [0.3, 0.4) is 0 Å². The summed E-state index contributed by atoms with van der Waals surface area (Å²) in [5.41, 5.74) is 0. The average Bonchev–Trinajstić information content (AvgIpc) is 2.17. The van der Waals surface area contributed by atoms with E-state index >= 15 is 0 Å². The largest absolute Gasteiger partial charge is 0.602 e. The van der Waals surface area contributed by atoms with Crippen LogP contribution in [0.4, 0.5) is 0 Å². The lowest BCUT2D eigenvalue weighted by Gasteiger charge is -2.26. The molecule has 0 bridgehead atoms. The van der Waals surface area contributed by atoms with Crippen LogP contribution in [0.2, 0.25) is 0 Å². The number of rotatable bonds is 1. The third-order valence-electron chi connectivity index (χ3n) is 0.962. The molecular weight excluding hydrogens is 130 g/mol. The molecule has 1 unspecified atom stereocenters. The van der Waals surface area contributed by atoms with Gasteiger partial charge in [0, 0.05) is 5.22 Å². The van der Waals surface area contributed by atoms with Gasteiger partial charge in [0.25, 0.3) is 0 Å². The first kappa shape index (κ1) is 5.94. The second-order valence-electron chi connectivity index (χ2n) is 1.64. The van der Waals surface area contributed by atoms with Crippen LogP contribution in [-0.4, -0.2) is 23.8 Å². The quantitative estimate of drug-likeness (QED) is 0.228. The fourth-order valence-electron chi connectivity index (χ4n) is 0.489. The van der Waals surface area contributed by atoms with Crippen molar-refractivity contribution in [2.75, 3.05) is 19.1 Å². The van der Waals surface area contributed by atoms with Crippen LogP contribution in [-0.2, 0) is 0 Å². The summed E-state index contributed by atoms with van der Waals surface area (Å²) in [5, 5.41) is 17.7. The van der Waals surface area contributed by atoms with Crippen molar-refractivity contribution in [1.29, 1.82) is 0 Å². The van der Waals surface area contributed by atoms with Crippen molar-refractivity contribution < 1.29 is 4.76 Å². The zero-order valence-corrected chi connectivity index (χ0v) is 5.01.